The Morgan fingerprint density at radius 1 is 1.15 bits per heavy atom. The molecule has 0 aliphatic carbocycles. The third-order valence-corrected chi connectivity index (χ3v) is 6.28. The first-order valence-electron chi connectivity index (χ1n) is 11.7. The van der Waals surface area contributed by atoms with Gasteiger partial charge in [0.05, 0.1) is 13.2 Å². The maximum absolute atomic E-state index is 13.0. The molecule has 180 valence electrons. The molecule has 0 bridgehead atoms. The van der Waals surface area contributed by atoms with Gasteiger partial charge in [-0.15, -0.1) is 0 Å². The topological polar surface area (TPSA) is 78.5 Å². The van der Waals surface area contributed by atoms with Crippen LogP contribution in [0.4, 0.5) is 0 Å². The number of nitrogens with zero attached hydrogens (tertiary/aromatic N) is 2. The Morgan fingerprint density at radius 2 is 1.88 bits per heavy atom. The van der Waals surface area contributed by atoms with Crippen LogP contribution < -0.4 is 15.7 Å². The van der Waals surface area contributed by atoms with Gasteiger partial charge in [-0.05, 0) is 68.4 Å². The van der Waals surface area contributed by atoms with Gasteiger partial charge in [-0.25, -0.2) is 4.79 Å². The molecule has 1 fully saturated rings. The number of halogens is 1. The third kappa shape index (κ3) is 5.04. The van der Waals surface area contributed by atoms with E-state index < -0.39 is 0 Å². The Morgan fingerprint density at radius 3 is 2.59 bits per heavy atom. The molecular weight excluding hydrogens is 498 g/mol. The average molecular weight is 528 g/mol. The van der Waals surface area contributed by atoms with Crippen molar-refractivity contribution in [2.45, 2.75) is 39.3 Å². The highest BCUT2D eigenvalue weighted by atomic mass is 79.9. The first-order chi connectivity index (χ1) is 16.6. The van der Waals surface area contributed by atoms with Crippen molar-refractivity contribution in [1.82, 2.24) is 14.9 Å². The van der Waals surface area contributed by atoms with Gasteiger partial charge in [-0.1, -0.05) is 29.8 Å². The largest absolute Gasteiger partial charge is 0.490 e. The predicted molar refractivity (Wildman–Crippen MR) is 139 cm³/mol. The summed E-state index contributed by atoms with van der Waals surface area (Å²) in [6.45, 7) is 6.75. The maximum Gasteiger partial charge on any atom is 0.348 e. The summed E-state index contributed by atoms with van der Waals surface area (Å²) in [6, 6.07) is 13.5. The second-order valence-electron chi connectivity index (χ2n) is 7.90. The molecule has 3 heterocycles. The lowest BCUT2D eigenvalue weighted by Crippen LogP contribution is -2.34. The highest BCUT2D eigenvalue weighted by Crippen LogP contribution is 2.35. The van der Waals surface area contributed by atoms with E-state index in [9.17, 15) is 4.79 Å². The average Bonchev–Trinajstić information content (AvgIpc) is 3.24. The Hall–Kier alpha value is -2.68. The van der Waals surface area contributed by atoms with Gasteiger partial charge in [0, 0.05) is 22.5 Å². The molecule has 7 nitrogen and oxygen atoms in total. The molecule has 0 radical (unpaired) electrons. The molecule has 2 aromatic carbocycles. The fraction of sp³-hybridized carbons (Fsp3) is 0.385. The number of piperidine rings is 1. The lowest BCUT2D eigenvalue weighted by molar-refractivity contribution is 0.162. The Balaban J connectivity index is 0.00000133. The number of furan rings is 1. The molecule has 1 saturated heterocycles. The molecule has 0 unspecified atom stereocenters. The van der Waals surface area contributed by atoms with Crippen LogP contribution in [0, 0.1) is 0 Å². The van der Waals surface area contributed by atoms with E-state index in [1.807, 2.05) is 56.3 Å². The van der Waals surface area contributed by atoms with E-state index in [2.05, 4.69) is 26.2 Å². The van der Waals surface area contributed by atoms with Gasteiger partial charge in [-0.2, -0.15) is 4.98 Å². The zero-order valence-corrected chi connectivity index (χ0v) is 21.4. The van der Waals surface area contributed by atoms with Crippen molar-refractivity contribution >= 4 is 38.0 Å². The second kappa shape index (κ2) is 11.2. The molecule has 0 spiro atoms. The van der Waals surface area contributed by atoms with Crippen LogP contribution in [-0.2, 0) is 11.3 Å². The van der Waals surface area contributed by atoms with Crippen LogP contribution in [0.5, 0.6) is 5.75 Å². The molecule has 4 aromatic rings. The fourth-order valence-corrected chi connectivity index (χ4v) is 4.53. The van der Waals surface area contributed by atoms with E-state index >= 15 is 0 Å². The van der Waals surface area contributed by atoms with Crippen LogP contribution in [0.25, 0.3) is 33.3 Å². The lowest BCUT2D eigenvalue weighted by atomic mass is 10.1. The molecular formula is C26H30BrN3O4. The number of benzene rings is 2. The fourth-order valence-electron chi connectivity index (χ4n) is 4.17. The molecule has 1 aliphatic heterocycles. The number of hydrogen-bond acceptors (Lipinski definition) is 6. The van der Waals surface area contributed by atoms with Gasteiger partial charge in [0.25, 0.3) is 0 Å². The lowest BCUT2D eigenvalue weighted by Gasteiger charge is -2.23. The van der Waals surface area contributed by atoms with Crippen molar-refractivity contribution in [1.29, 1.82) is 0 Å². The molecule has 0 amide bonds. The van der Waals surface area contributed by atoms with E-state index in [4.69, 9.17) is 13.9 Å². The zero-order chi connectivity index (χ0) is 24.1. The standard InChI is InChI=1S/C24H24BrN3O4.C2H6/c1-30-13-12-28-22-19-14-16(25)4-7-20(19)32-23(22)21(27-24(28)29)15-2-5-17(6-3-15)31-18-8-10-26-11-9-18;1-2/h2-7,14,18,26H,8-13H2,1H3;1-2H3. The Bertz CT molecular complexity index is 1310. The van der Waals surface area contributed by atoms with Crippen molar-refractivity contribution in [2.24, 2.45) is 0 Å². The molecule has 0 saturated carbocycles. The minimum Gasteiger partial charge on any atom is -0.490 e. The molecule has 0 atom stereocenters. The quantitative estimate of drug-likeness (QED) is 0.362. The van der Waals surface area contributed by atoms with Gasteiger partial charge >= 0.3 is 5.69 Å². The number of fused-ring (bicyclic) bond motifs is 3. The van der Waals surface area contributed by atoms with Gasteiger partial charge in [0.15, 0.2) is 5.58 Å². The molecule has 2 aromatic heterocycles. The number of methoxy groups -OCH3 is 1. The maximum atomic E-state index is 13.0. The van der Waals surface area contributed by atoms with Crippen molar-refractivity contribution in [3.63, 3.8) is 0 Å². The van der Waals surface area contributed by atoms with Crippen LogP contribution in [-0.4, -0.2) is 42.5 Å². The van der Waals surface area contributed by atoms with Crippen LogP contribution in [0.15, 0.2) is 56.1 Å². The van der Waals surface area contributed by atoms with Gasteiger partial charge in [0.2, 0.25) is 0 Å². The number of aromatic nitrogens is 2. The summed E-state index contributed by atoms with van der Waals surface area (Å²) in [5.74, 6) is 0.818. The summed E-state index contributed by atoms with van der Waals surface area (Å²) in [5.41, 5.74) is 3.02. The smallest absolute Gasteiger partial charge is 0.348 e. The number of ether oxygens (including phenoxy) is 2. The van der Waals surface area contributed by atoms with Crippen molar-refractivity contribution in [3.05, 3.63) is 57.4 Å². The summed E-state index contributed by atoms with van der Waals surface area (Å²) < 4.78 is 20.1. The van der Waals surface area contributed by atoms with Gasteiger partial charge < -0.3 is 19.2 Å². The zero-order valence-electron chi connectivity index (χ0n) is 19.8. The summed E-state index contributed by atoms with van der Waals surface area (Å²) in [7, 11) is 1.61. The van der Waals surface area contributed by atoms with E-state index in [1.165, 1.54) is 0 Å². The van der Waals surface area contributed by atoms with Crippen molar-refractivity contribution < 1.29 is 13.9 Å². The summed E-state index contributed by atoms with van der Waals surface area (Å²) >= 11 is 3.52. The van der Waals surface area contributed by atoms with Gasteiger partial charge in [0.1, 0.15) is 28.6 Å². The number of rotatable bonds is 6. The summed E-state index contributed by atoms with van der Waals surface area (Å²) in [4.78, 5) is 17.4. The highest BCUT2D eigenvalue weighted by Gasteiger charge is 2.20. The minimum atomic E-state index is -0.331. The third-order valence-electron chi connectivity index (χ3n) is 5.78. The molecule has 1 aliphatic rings. The summed E-state index contributed by atoms with van der Waals surface area (Å²) in [5, 5.41) is 4.20. The van der Waals surface area contributed by atoms with E-state index in [1.54, 1.807) is 11.7 Å². The monoisotopic (exact) mass is 527 g/mol. The number of nitrogens with one attached hydrogen (secondary N) is 1. The second-order valence-corrected chi connectivity index (χ2v) is 8.81. The van der Waals surface area contributed by atoms with Crippen LogP contribution in [0.1, 0.15) is 26.7 Å². The number of hydrogen-bond donors (Lipinski definition) is 1. The molecule has 5 rings (SSSR count). The van der Waals surface area contributed by atoms with E-state index in [0.29, 0.717) is 30.0 Å². The van der Waals surface area contributed by atoms with Crippen LogP contribution >= 0.6 is 15.9 Å². The Labute approximate surface area is 207 Å². The van der Waals surface area contributed by atoms with Crippen molar-refractivity contribution in [2.75, 3.05) is 26.8 Å². The van der Waals surface area contributed by atoms with E-state index in [-0.39, 0.29) is 11.8 Å². The predicted octanol–water partition coefficient (Wildman–Crippen LogP) is 5.38. The van der Waals surface area contributed by atoms with Crippen molar-refractivity contribution in [3.8, 4) is 17.0 Å². The van der Waals surface area contributed by atoms with Crippen LogP contribution in [0.3, 0.4) is 0 Å². The van der Waals surface area contributed by atoms with Gasteiger partial charge in [-0.3, -0.25) is 4.57 Å². The van der Waals surface area contributed by atoms with Crippen LogP contribution in [0.2, 0.25) is 0 Å². The first kappa shape index (κ1) is 24.4. The molecule has 34 heavy (non-hydrogen) atoms. The highest BCUT2D eigenvalue weighted by molar-refractivity contribution is 9.10. The molecule has 1 N–H and O–H groups in total. The first-order valence-corrected chi connectivity index (χ1v) is 12.5. The normalized spacial score (nSPS) is 14.2. The molecule has 8 heteroatoms. The Kier molecular flexibility index (Phi) is 8.03. The summed E-state index contributed by atoms with van der Waals surface area (Å²) in [6.07, 6.45) is 2.22. The van der Waals surface area contributed by atoms with E-state index in [0.717, 1.165) is 52.6 Å². The minimum absolute atomic E-state index is 0.227. The SMILES string of the molecule is CC.COCCn1c(=O)nc(-c2ccc(OC3CCNCC3)cc2)c2oc3ccc(Br)cc3c21.